The molecule has 0 aliphatic rings. The number of thioether (sulfide) groups is 1. The Morgan fingerprint density at radius 1 is 1.33 bits per heavy atom. The van der Waals surface area contributed by atoms with E-state index in [4.69, 9.17) is 0 Å². The molecule has 0 unspecified atom stereocenters. The van der Waals surface area contributed by atoms with Gasteiger partial charge in [0.2, 0.25) is 0 Å². The van der Waals surface area contributed by atoms with Crippen molar-refractivity contribution in [1.29, 1.82) is 0 Å². The van der Waals surface area contributed by atoms with Gasteiger partial charge < -0.3 is 5.11 Å². The van der Waals surface area contributed by atoms with E-state index in [1.807, 2.05) is 6.26 Å². The molecule has 1 N–H and O–H groups in total. The van der Waals surface area contributed by atoms with Crippen LogP contribution in [0.1, 0.15) is 31.9 Å². The quantitative estimate of drug-likeness (QED) is 0.647. The van der Waals surface area contributed by atoms with Crippen LogP contribution in [-0.4, -0.2) is 11.4 Å². The van der Waals surface area contributed by atoms with Gasteiger partial charge in [-0.25, -0.2) is 0 Å². The average Bonchev–Trinajstić information content (AvgIpc) is 2.16. The number of phenols is 1. The smallest absolute Gasteiger partial charge is 0.133 e. The standard InChI is InChI=1S/C12H17BrOS/c1-12(2,3)9-5-8(7-13)11(14)10(6-9)15-4/h5-6,14H,7H2,1-4H3. The van der Waals surface area contributed by atoms with Crippen LogP contribution in [0.3, 0.4) is 0 Å². The molecule has 0 aliphatic carbocycles. The van der Waals surface area contributed by atoms with Gasteiger partial charge in [0, 0.05) is 15.8 Å². The zero-order chi connectivity index (χ0) is 11.6. The van der Waals surface area contributed by atoms with Crippen molar-refractivity contribution in [2.24, 2.45) is 0 Å². The molecule has 0 atom stereocenters. The van der Waals surface area contributed by atoms with Crippen LogP contribution in [0.15, 0.2) is 17.0 Å². The molecule has 0 bridgehead atoms. The van der Waals surface area contributed by atoms with Gasteiger partial charge >= 0.3 is 0 Å². The third-order valence-electron chi connectivity index (χ3n) is 2.38. The molecule has 0 radical (unpaired) electrons. The first kappa shape index (κ1) is 12.9. The highest BCUT2D eigenvalue weighted by molar-refractivity contribution is 9.08. The van der Waals surface area contributed by atoms with Crippen molar-refractivity contribution in [3.05, 3.63) is 23.3 Å². The van der Waals surface area contributed by atoms with Gasteiger partial charge in [-0.2, -0.15) is 0 Å². The van der Waals surface area contributed by atoms with Gasteiger partial charge in [-0.1, -0.05) is 42.8 Å². The van der Waals surface area contributed by atoms with Crippen LogP contribution in [0.5, 0.6) is 5.75 Å². The van der Waals surface area contributed by atoms with Crippen LogP contribution in [0, 0.1) is 0 Å². The zero-order valence-corrected chi connectivity index (χ0v) is 12.0. The van der Waals surface area contributed by atoms with Gasteiger partial charge in [0.1, 0.15) is 5.75 Å². The van der Waals surface area contributed by atoms with E-state index in [1.165, 1.54) is 5.56 Å². The molecule has 0 fully saturated rings. The van der Waals surface area contributed by atoms with Crippen molar-refractivity contribution >= 4 is 27.7 Å². The van der Waals surface area contributed by atoms with E-state index in [0.717, 1.165) is 10.5 Å². The van der Waals surface area contributed by atoms with Gasteiger partial charge in [0.15, 0.2) is 0 Å². The largest absolute Gasteiger partial charge is 0.506 e. The Balaban J connectivity index is 3.33. The highest BCUT2D eigenvalue weighted by atomic mass is 79.9. The third-order valence-corrected chi connectivity index (χ3v) is 3.74. The van der Waals surface area contributed by atoms with Crippen LogP contribution >= 0.6 is 27.7 Å². The second-order valence-corrected chi connectivity index (χ2v) is 5.98. The number of hydrogen-bond acceptors (Lipinski definition) is 2. The Morgan fingerprint density at radius 2 is 1.93 bits per heavy atom. The summed E-state index contributed by atoms with van der Waals surface area (Å²) in [6.07, 6.45) is 1.99. The minimum Gasteiger partial charge on any atom is -0.506 e. The van der Waals surface area contributed by atoms with E-state index in [-0.39, 0.29) is 5.41 Å². The number of halogens is 1. The van der Waals surface area contributed by atoms with Crippen molar-refractivity contribution in [2.45, 2.75) is 36.4 Å². The Labute approximate surface area is 104 Å². The second kappa shape index (κ2) is 4.79. The van der Waals surface area contributed by atoms with E-state index in [0.29, 0.717) is 11.1 Å². The average molecular weight is 289 g/mol. The number of phenolic OH excluding ortho intramolecular Hbond substituents is 1. The third kappa shape index (κ3) is 2.91. The molecular formula is C12H17BrOS. The molecule has 0 saturated carbocycles. The lowest BCUT2D eigenvalue weighted by Gasteiger charge is -2.21. The summed E-state index contributed by atoms with van der Waals surface area (Å²) in [6, 6.07) is 4.15. The normalized spacial score (nSPS) is 11.8. The molecule has 0 heterocycles. The maximum Gasteiger partial charge on any atom is 0.133 e. The molecule has 15 heavy (non-hydrogen) atoms. The summed E-state index contributed by atoms with van der Waals surface area (Å²) in [6.45, 7) is 6.55. The van der Waals surface area contributed by atoms with E-state index < -0.39 is 0 Å². The molecule has 3 heteroatoms. The van der Waals surface area contributed by atoms with Crippen molar-refractivity contribution in [2.75, 3.05) is 6.26 Å². The summed E-state index contributed by atoms with van der Waals surface area (Å²) in [5.74, 6) is 0.410. The molecular weight excluding hydrogens is 272 g/mol. The molecule has 0 aromatic heterocycles. The van der Waals surface area contributed by atoms with Crippen LogP contribution in [0.25, 0.3) is 0 Å². The SMILES string of the molecule is CSc1cc(C(C)(C)C)cc(CBr)c1O. The predicted octanol–water partition coefficient (Wildman–Crippen LogP) is 4.31. The molecule has 0 amide bonds. The number of rotatable bonds is 2. The molecule has 0 spiro atoms. The van der Waals surface area contributed by atoms with Crippen molar-refractivity contribution in [3.8, 4) is 5.75 Å². The Bertz CT molecular complexity index is 330. The summed E-state index contributed by atoms with van der Waals surface area (Å²) in [5.41, 5.74) is 2.35. The van der Waals surface area contributed by atoms with Crippen LogP contribution in [-0.2, 0) is 10.7 Å². The van der Waals surface area contributed by atoms with Crippen molar-refractivity contribution in [3.63, 3.8) is 0 Å². The summed E-state index contributed by atoms with van der Waals surface area (Å²) >= 11 is 4.99. The van der Waals surface area contributed by atoms with Gasteiger partial charge in [-0.3, -0.25) is 0 Å². The lowest BCUT2D eigenvalue weighted by Crippen LogP contribution is -2.11. The van der Waals surface area contributed by atoms with Crippen LogP contribution < -0.4 is 0 Å². The Morgan fingerprint density at radius 3 is 2.33 bits per heavy atom. The zero-order valence-electron chi connectivity index (χ0n) is 9.60. The van der Waals surface area contributed by atoms with Gasteiger partial charge in [0.05, 0.1) is 0 Å². The minimum atomic E-state index is 0.120. The highest BCUT2D eigenvalue weighted by Crippen LogP contribution is 2.36. The van der Waals surface area contributed by atoms with Gasteiger partial charge in [-0.05, 0) is 23.3 Å². The monoisotopic (exact) mass is 288 g/mol. The number of hydrogen-bond donors (Lipinski definition) is 1. The first-order valence-corrected chi connectivity index (χ1v) is 7.21. The van der Waals surface area contributed by atoms with E-state index in [2.05, 4.69) is 48.8 Å². The predicted molar refractivity (Wildman–Crippen MR) is 71.2 cm³/mol. The molecule has 0 saturated heterocycles. The maximum atomic E-state index is 9.93. The van der Waals surface area contributed by atoms with Crippen molar-refractivity contribution in [1.82, 2.24) is 0 Å². The molecule has 1 aromatic rings. The van der Waals surface area contributed by atoms with Gasteiger partial charge in [0.25, 0.3) is 0 Å². The van der Waals surface area contributed by atoms with Gasteiger partial charge in [-0.15, -0.1) is 11.8 Å². The van der Waals surface area contributed by atoms with Crippen LogP contribution in [0.4, 0.5) is 0 Å². The number of aromatic hydroxyl groups is 1. The molecule has 0 aliphatic heterocycles. The minimum absolute atomic E-state index is 0.120. The summed E-state index contributed by atoms with van der Waals surface area (Å²) < 4.78 is 0. The fourth-order valence-corrected chi connectivity index (χ4v) is 2.35. The van der Waals surface area contributed by atoms with Crippen LogP contribution in [0.2, 0.25) is 0 Å². The molecule has 1 rings (SSSR count). The highest BCUT2D eigenvalue weighted by Gasteiger charge is 2.17. The maximum absolute atomic E-state index is 9.93. The number of alkyl halides is 1. The fourth-order valence-electron chi connectivity index (χ4n) is 1.36. The van der Waals surface area contributed by atoms with E-state index in [9.17, 15) is 5.11 Å². The molecule has 84 valence electrons. The Hall–Kier alpha value is -0.150. The van der Waals surface area contributed by atoms with E-state index >= 15 is 0 Å². The number of benzene rings is 1. The topological polar surface area (TPSA) is 20.2 Å². The lowest BCUT2D eigenvalue weighted by atomic mass is 9.86. The Kier molecular flexibility index (Phi) is 4.13. The summed E-state index contributed by atoms with van der Waals surface area (Å²) in [7, 11) is 0. The summed E-state index contributed by atoms with van der Waals surface area (Å²) in [5, 5.41) is 10.6. The lowest BCUT2D eigenvalue weighted by molar-refractivity contribution is 0.456. The molecule has 1 aromatic carbocycles. The fraction of sp³-hybridized carbons (Fsp3) is 0.500. The molecule has 1 nitrogen and oxygen atoms in total. The summed E-state index contributed by atoms with van der Waals surface area (Å²) in [4.78, 5) is 0.955. The first-order valence-electron chi connectivity index (χ1n) is 4.86. The first-order chi connectivity index (χ1) is 6.90. The van der Waals surface area contributed by atoms with E-state index in [1.54, 1.807) is 11.8 Å². The van der Waals surface area contributed by atoms with Crippen molar-refractivity contribution < 1.29 is 5.11 Å². The second-order valence-electron chi connectivity index (χ2n) is 4.57.